The first-order chi connectivity index (χ1) is 6.36. The predicted octanol–water partition coefficient (Wildman–Crippen LogP) is 0.448. The average molecular weight is 214 g/mol. The van der Waals surface area contributed by atoms with Crippen molar-refractivity contribution in [1.82, 2.24) is 4.90 Å². The lowest BCUT2D eigenvalue weighted by Crippen LogP contribution is -2.62. The molecule has 0 radical (unpaired) electrons. The minimum Gasteiger partial charge on any atom is -0.480 e. The molecule has 2 saturated heterocycles. The molecule has 0 spiro atoms. The van der Waals surface area contributed by atoms with Gasteiger partial charge < -0.3 is 15.7 Å². The fourth-order valence-electron chi connectivity index (χ4n) is 2.16. The van der Waals surface area contributed by atoms with Crippen LogP contribution < -0.4 is 5.73 Å². The van der Waals surface area contributed by atoms with Crippen molar-refractivity contribution in [3.05, 3.63) is 12.3 Å². The second-order valence-corrected chi connectivity index (χ2v) is 6.05. The highest BCUT2D eigenvalue weighted by atomic mass is 32.2. The van der Waals surface area contributed by atoms with Gasteiger partial charge in [-0.1, -0.05) is 6.58 Å². The smallest absolute Gasteiger partial charge is 0.327 e. The molecule has 0 aliphatic carbocycles. The van der Waals surface area contributed by atoms with Gasteiger partial charge in [-0.05, 0) is 13.8 Å². The molecule has 3 N–H and O–H groups in total. The zero-order valence-electron chi connectivity index (χ0n) is 8.23. The van der Waals surface area contributed by atoms with E-state index in [9.17, 15) is 4.79 Å². The quantitative estimate of drug-likeness (QED) is 0.663. The Morgan fingerprint density at radius 1 is 1.71 bits per heavy atom. The van der Waals surface area contributed by atoms with Gasteiger partial charge >= 0.3 is 5.97 Å². The Morgan fingerprint density at radius 2 is 2.29 bits per heavy atom. The van der Waals surface area contributed by atoms with Crippen molar-refractivity contribution in [3.63, 3.8) is 0 Å². The fraction of sp³-hybridized carbons (Fsp3) is 0.667. The summed E-state index contributed by atoms with van der Waals surface area (Å²) in [6, 6.07) is -0.576. The Bertz CT molecular complexity index is 316. The Morgan fingerprint density at radius 3 is 2.79 bits per heavy atom. The predicted molar refractivity (Wildman–Crippen MR) is 55.8 cm³/mol. The van der Waals surface area contributed by atoms with Crippen LogP contribution in [0, 0.1) is 0 Å². The first-order valence-electron chi connectivity index (χ1n) is 4.49. The SMILES string of the molecule is C=C1C(N)C2SC(C)(C)C(C(=O)O)N12. The number of carbonyl (C=O) groups is 1. The zero-order valence-corrected chi connectivity index (χ0v) is 9.04. The molecular weight excluding hydrogens is 200 g/mol. The molecule has 0 aromatic carbocycles. The van der Waals surface area contributed by atoms with Gasteiger partial charge in [0.05, 0.1) is 11.4 Å². The van der Waals surface area contributed by atoms with Crippen LogP contribution in [-0.2, 0) is 4.79 Å². The van der Waals surface area contributed by atoms with E-state index in [-0.39, 0.29) is 16.2 Å². The molecule has 0 aromatic heterocycles. The molecule has 0 saturated carbocycles. The molecule has 3 atom stereocenters. The number of hydrogen-bond acceptors (Lipinski definition) is 4. The van der Waals surface area contributed by atoms with Gasteiger partial charge in [0.15, 0.2) is 0 Å². The van der Waals surface area contributed by atoms with Crippen molar-refractivity contribution in [1.29, 1.82) is 0 Å². The van der Waals surface area contributed by atoms with Gasteiger partial charge in [-0.25, -0.2) is 4.79 Å². The molecule has 0 aromatic rings. The summed E-state index contributed by atoms with van der Waals surface area (Å²) in [5.41, 5.74) is 6.59. The van der Waals surface area contributed by atoms with Crippen molar-refractivity contribution >= 4 is 17.7 Å². The number of carboxylic acid groups (broad SMARTS) is 1. The van der Waals surface area contributed by atoms with Crippen LogP contribution in [0.1, 0.15) is 13.8 Å². The lowest BCUT2D eigenvalue weighted by atomic mass is 9.95. The highest BCUT2D eigenvalue weighted by Gasteiger charge is 2.59. The third-order valence-electron chi connectivity index (χ3n) is 2.89. The maximum absolute atomic E-state index is 11.1. The van der Waals surface area contributed by atoms with Crippen LogP contribution in [0.25, 0.3) is 0 Å². The fourth-order valence-corrected chi connectivity index (χ4v) is 3.80. The summed E-state index contributed by atoms with van der Waals surface area (Å²) in [6.07, 6.45) is 0. The summed E-state index contributed by atoms with van der Waals surface area (Å²) in [5.74, 6) is -0.793. The van der Waals surface area contributed by atoms with Gasteiger partial charge in [-0.3, -0.25) is 0 Å². The van der Waals surface area contributed by atoms with E-state index in [2.05, 4.69) is 6.58 Å². The summed E-state index contributed by atoms with van der Waals surface area (Å²) in [6.45, 7) is 7.69. The minimum atomic E-state index is -0.793. The summed E-state index contributed by atoms with van der Waals surface area (Å²) < 4.78 is -0.298. The van der Waals surface area contributed by atoms with E-state index in [0.29, 0.717) is 0 Å². The molecule has 14 heavy (non-hydrogen) atoms. The van der Waals surface area contributed by atoms with E-state index in [4.69, 9.17) is 10.8 Å². The van der Waals surface area contributed by atoms with Crippen LogP contribution in [0.15, 0.2) is 12.3 Å². The van der Waals surface area contributed by atoms with Gasteiger partial charge in [0.25, 0.3) is 0 Å². The number of fused-ring (bicyclic) bond motifs is 1. The summed E-state index contributed by atoms with van der Waals surface area (Å²) in [7, 11) is 0. The molecule has 0 amide bonds. The monoisotopic (exact) mass is 214 g/mol. The van der Waals surface area contributed by atoms with Gasteiger partial charge in [0.2, 0.25) is 0 Å². The number of nitrogens with zero attached hydrogens (tertiary/aromatic N) is 1. The summed E-state index contributed by atoms with van der Waals surface area (Å²) >= 11 is 1.63. The largest absolute Gasteiger partial charge is 0.480 e. The number of thioether (sulfide) groups is 1. The van der Waals surface area contributed by atoms with Gasteiger partial charge in [-0.2, -0.15) is 0 Å². The van der Waals surface area contributed by atoms with E-state index in [1.807, 2.05) is 18.7 Å². The first kappa shape index (κ1) is 9.86. The molecule has 2 rings (SSSR count). The number of nitrogens with two attached hydrogens (primary N) is 1. The number of aliphatic carboxylic acids is 1. The van der Waals surface area contributed by atoms with Gasteiger partial charge in [0, 0.05) is 10.4 Å². The molecule has 0 bridgehead atoms. The normalized spacial score (nSPS) is 39.2. The van der Waals surface area contributed by atoms with Crippen LogP contribution in [-0.4, -0.2) is 38.2 Å². The number of carboxylic acids is 1. The van der Waals surface area contributed by atoms with Gasteiger partial charge in [0.1, 0.15) is 6.04 Å². The molecule has 4 nitrogen and oxygen atoms in total. The van der Waals surface area contributed by atoms with Crippen molar-refractivity contribution in [2.24, 2.45) is 5.73 Å². The standard InChI is InChI=1S/C9H14N2O2S/c1-4-5(10)7-11(4)6(8(12)13)9(2,3)14-7/h5-7H,1,10H2,2-3H3,(H,12,13). The van der Waals surface area contributed by atoms with Crippen LogP contribution in [0.5, 0.6) is 0 Å². The topological polar surface area (TPSA) is 66.6 Å². The lowest BCUT2D eigenvalue weighted by Gasteiger charge is -2.46. The summed E-state index contributed by atoms with van der Waals surface area (Å²) in [5, 5.41) is 9.23. The number of rotatable bonds is 1. The molecule has 3 unspecified atom stereocenters. The zero-order chi connectivity index (χ0) is 10.7. The van der Waals surface area contributed by atoms with Crippen molar-refractivity contribution < 1.29 is 9.90 Å². The van der Waals surface area contributed by atoms with Crippen molar-refractivity contribution in [3.8, 4) is 0 Å². The Kier molecular flexibility index (Phi) is 1.88. The third kappa shape index (κ3) is 1.02. The highest BCUT2D eigenvalue weighted by Crippen LogP contribution is 2.53. The Labute approximate surface area is 87.1 Å². The molecular formula is C9H14N2O2S. The van der Waals surface area contributed by atoms with E-state index in [1.54, 1.807) is 11.8 Å². The highest BCUT2D eigenvalue weighted by molar-refractivity contribution is 8.01. The average Bonchev–Trinajstić information content (AvgIpc) is 2.34. The van der Waals surface area contributed by atoms with E-state index >= 15 is 0 Å². The van der Waals surface area contributed by atoms with Crippen molar-refractivity contribution in [2.75, 3.05) is 0 Å². The van der Waals surface area contributed by atoms with E-state index in [1.165, 1.54) is 0 Å². The van der Waals surface area contributed by atoms with E-state index < -0.39 is 12.0 Å². The Hall–Kier alpha value is -0.680. The van der Waals surface area contributed by atoms with Gasteiger partial charge in [-0.15, -0.1) is 11.8 Å². The Balaban J connectivity index is 2.32. The molecule has 2 heterocycles. The van der Waals surface area contributed by atoms with Crippen LogP contribution in [0.3, 0.4) is 0 Å². The number of hydrogen-bond donors (Lipinski definition) is 2. The van der Waals surface area contributed by atoms with Crippen LogP contribution in [0.2, 0.25) is 0 Å². The molecule has 2 aliphatic rings. The maximum Gasteiger partial charge on any atom is 0.327 e. The lowest BCUT2D eigenvalue weighted by molar-refractivity contribution is -0.144. The second kappa shape index (κ2) is 2.67. The third-order valence-corrected chi connectivity index (χ3v) is 4.49. The molecule has 2 fully saturated rings. The molecule has 78 valence electrons. The summed E-state index contributed by atoms with van der Waals surface area (Å²) in [4.78, 5) is 13.0. The second-order valence-electron chi connectivity index (χ2n) is 4.28. The van der Waals surface area contributed by atoms with Crippen LogP contribution in [0.4, 0.5) is 0 Å². The molecule has 2 aliphatic heterocycles. The van der Waals surface area contributed by atoms with E-state index in [0.717, 1.165) is 5.70 Å². The molecule has 5 heteroatoms. The van der Waals surface area contributed by atoms with Crippen LogP contribution >= 0.6 is 11.8 Å². The minimum absolute atomic E-state index is 0.0800. The maximum atomic E-state index is 11.1. The van der Waals surface area contributed by atoms with Crippen molar-refractivity contribution in [2.45, 2.75) is 36.1 Å². The first-order valence-corrected chi connectivity index (χ1v) is 5.37.